The van der Waals surface area contributed by atoms with E-state index in [1.54, 1.807) is 0 Å². The van der Waals surface area contributed by atoms with E-state index in [1.807, 2.05) is 18.4 Å². The van der Waals surface area contributed by atoms with Gasteiger partial charge in [0.15, 0.2) is 0 Å². The number of hydrogen-bond acceptors (Lipinski definition) is 5. The summed E-state index contributed by atoms with van der Waals surface area (Å²) in [7, 11) is -3.66. The molecule has 0 amide bonds. The summed E-state index contributed by atoms with van der Waals surface area (Å²) < 4.78 is 26.7. The first-order valence-electron chi connectivity index (χ1n) is 6.03. The highest BCUT2D eigenvalue weighted by Crippen LogP contribution is 2.19. The molecule has 0 aliphatic rings. The fourth-order valence-electron chi connectivity index (χ4n) is 1.68. The number of hydrogen-bond donors (Lipinski definition) is 1. The van der Waals surface area contributed by atoms with Crippen LogP contribution >= 0.6 is 22.9 Å². The molecule has 8 heteroatoms. The van der Waals surface area contributed by atoms with Crippen LogP contribution in [0.15, 0.2) is 28.5 Å². The summed E-state index contributed by atoms with van der Waals surface area (Å²) in [6.45, 7) is 2.14. The fraction of sp³-hybridized carbons (Fsp3) is 0.231. The van der Waals surface area contributed by atoms with Crippen molar-refractivity contribution in [1.29, 1.82) is 5.26 Å². The number of aromatic nitrogens is 1. The molecule has 110 valence electrons. The second-order valence-electron chi connectivity index (χ2n) is 4.26. The first-order chi connectivity index (χ1) is 9.92. The summed E-state index contributed by atoms with van der Waals surface area (Å²) >= 11 is 7.31. The maximum absolute atomic E-state index is 12.1. The molecule has 21 heavy (non-hydrogen) atoms. The lowest BCUT2D eigenvalue weighted by molar-refractivity contribution is 0.581. The number of nitrogens with zero attached hydrogens (tertiary/aromatic N) is 2. The van der Waals surface area contributed by atoms with Crippen LogP contribution in [0, 0.1) is 18.3 Å². The van der Waals surface area contributed by atoms with Gasteiger partial charge >= 0.3 is 0 Å². The van der Waals surface area contributed by atoms with Crippen molar-refractivity contribution in [2.45, 2.75) is 18.2 Å². The minimum atomic E-state index is -3.66. The quantitative estimate of drug-likeness (QED) is 0.905. The molecule has 0 radical (unpaired) electrons. The average molecular weight is 342 g/mol. The maximum atomic E-state index is 12.1. The van der Waals surface area contributed by atoms with E-state index in [2.05, 4.69) is 9.71 Å². The molecule has 5 nitrogen and oxygen atoms in total. The molecule has 1 aromatic carbocycles. The Kier molecular flexibility index (Phi) is 4.96. The van der Waals surface area contributed by atoms with Gasteiger partial charge in [-0.15, -0.1) is 11.3 Å². The fourth-order valence-corrected chi connectivity index (χ4v) is 3.54. The SMILES string of the molecule is Cc1nc(CCNS(=O)(=O)c2ccc(Cl)c(C#N)c2)cs1. The lowest BCUT2D eigenvalue weighted by atomic mass is 10.2. The Morgan fingerprint density at radius 3 is 2.86 bits per heavy atom. The van der Waals surface area contributed by atoms with Gasteiger partial charge in [-0.3, -0.25) is 0 Å². The molecule has 2 rings (SSSR count). The maximum Gasteiger partial charge on any atom is 0.240 e. The van der Waals surface area contributed by atoms with Crippen LogP contribution in [0.1, 0.15) is 16.3 Å². The average Bonchev–Trinajstić information content (AvgIpc) is 2.84. The van der Waals surface area contributed by atoms with Crippen LogP contribution in [0.3, 0.4) is 0 Å². The van der Waals surface area contributed by atoms with E-state index in [-0.39, 0.29) is 22.0 Å². The zero-order valence-corrected chi connectivity index (χ0v) is 13.5. The standard InChI is InChI=1S/C13H12ClN3O2S2/c1-9-17-11(8-20-9)4-5-16-21(18,19)12-2-3-13(14)10(6-12)7-15/h2-3,6,8,16H,4-5H2,1H3. The molecule has 2 aromatic rings. The monoisotopic (exact) mass is 341 g/mol. The Bertz CT molecular complexity index is 794. The Morgan fingerprint density at radius 1 is 1.48 bits per heavy atom. The lowest BCUT2D eigenvalue weighted by Gasteiger charge is -2.06. The molecule has 0 atom stereocenters. The highest BCUT2D eigenvalue weighted by molar-refractivity contribution is 7.89. The Morgan fingerprint density at radius 2 is 2.24 bits per heavy atom. The molecule has 1 heterocycles. The minimum Gasteiger partial charge on any atom is -0.247 e. The van der Waals surface area contributed by atoms with E-state index in [0.717, 1.165) is 10.7 Å². The van der Waals surface area contributed by atoms with Crippen LogP contribution in [-0.4, -0.2) is 19.9 Å². The molecule has 0 spiro atoms. The number of nitrogens with one attached hydrogen (secondary N) is 1. The van der Waals surface area contributed by atoms with E-state index in [4.69, 9.17) is 16.9 Å². The molecule has 0 saturated carbocycles. The molecule has 1 N–H and O–H groups in total. The van der Waals surface area contributed by atoms with Crippen molar-refractivity contribution >= 4 is 33.0 Å². The van der Waals surface area contributed by atoms with Crippen LogP contribution < -0.4 is 4.72 Å². The third-order valence-electron chi connectivity index (χ3n) is 2.71. The molecule has 0 unspecified atom stereocenters. The van der Waals surface area contributed by atoms with Crippen molar-refractivity contribution < 1.29 is 8.42 Å². The summed E-state index contributed by atoms with van der Waals surface area (Å²) in [4.78, 5) is 4.29. The van der Waals surface area contributed by atoms with Crippen molar-refractivity contribution in [3.63, 3.8) is 0 Å². The molecular formula is C13H12ClN3O2S2. The third-order valence-corrected chi connectivity index (χ3v) is 5.32. The van der Waals surface area contributed by atoms with Crippen molar-refractivity contribution in [3.8, 4) is 6.07 Å². The van der Waals surface area contributed by atoms with Crippen molar-refractivity contribution in [1.82, 2.24) is 9.71 Å². The predicted octanol–water partition coefficient (Wildman–Crippen LogP) is 2.50. The third kappa shape index (κ3) is 4.02. The smallest absolute Gasteiger partial charge is 0.240 e. The van der Waals surface area contributed by atoms with Gasteiger partial charge in [-0.25, -0.2) is 18.1 Å². The molecule has 0 bridgehead atoms. The Hall–Kier alpha value is -1.46. The topological polar surface area (TPSA) is 82.8 Å². The second kappa shape index (κ2) is 6.54. The normalized spacial score (nSPS) is 11.3. The first-order valence-corrected chi connectivity index (χ1v) is 8.77. The zero-order chi connectivity index (χ0) is 15.5. The van der Waals surface area contributed by atoms with Gasteiger partial charge in [-0.05, 0) is 25.1 Å². The van der Waals surface area contributed by atoms with Gasteiger partial charge in [-0.2, -0.15) is 5.26 Å². The van der Waals surface area contributed by atoms with E-state index in [9.17, 15) is 8.42 Å². The summed E-state index contributed by atoms with van der Waals surface area (Å²) in [5, 5.41) is 12.0. The number of rotatable bonds is 5. The van der Waals surface area contributed by atoms with E-state index in [0.29, 0.717) is 6.42 Å². The Labute approximate surface area is 132 Å². The summed E-state index contributed by atoms with van der Waals surface area (Å²) in [6, 6.07) is 5.90. The number of halogens is 1. The predicted molar refractivity (Wildman–Crippen MR) is 81.9 cm³/mol. The second-order valence-corrected chi connectivity index (χ2v) is 7.50. The van der Waals surface area contributed by atoms with Crippen molar-refractivity contribution in [3.05, 3.63) is 44.9 Å². The van der Waals surface area contributed by atoms with Gasteiger partial charge in [0, 0.05) is 18.3 Å². The van der Waals surface area contributed by atoms with Crippen LogP contribution in [0.5, 0.6) is 0 Å². The van der Waals surface area contributed by atoms with E-state index in [1.165, 1.54) is 29.5 Å². The number of sulfonamides is 1. The largest absolute Gasteiger partial charge is 0.247 e. The molecule has 0 fully saturated rings. The number of benzene rings is 1. The van der Waals surface area contributed by atoms with Gasteiger partial charge in [0.25, 0.3) is 0 Å². The van der Waals surface area contributed by atoms with Crippen molar-refractivity contribution in [2.24, 2.45) is 0 Å². The molecule has 0 aliphatic carbocycles. The van der Waals surface area contributed by atoms with E-state index >= 15 is 0 Å². The van der Waals surface area contributed by atoms with Crippen LogP contribution in [0.4, 0.5) is 0 Å². The minimum absolute atomic E-state index is 0.0258. The van der Waals surface area contributed by atoms with Gasteiger partial charge in [-0.1, -0.05) is 11.6 Å². The highest BCUT2D eigenvalue weighted by atomic mass is 35.5. The molecule has 0 aliphatic heterocycles. The summed E-state index contributed by atoms with van der Waals surface area (Å²) in [5.41, 5.74) is 0.990. The zero-order valence-electron chi connectivity index (χ0n) is 11.1. The molecule has 0 saturated heterocycles. The summed E-state index contributed by atoms with van der Waals surface area (Å²) in [5.74, 6) is 0. The van der Waals surface area contributed by atoms with Crippen LogP contribution in [-0.2, 0) is 16.4 Å². The van der Waals surface area contributed by atoms with E-state index < -0.39 is 10.0 Å². The number of nitriles is 1. The summed E-state index contributed by atoms with van der Waals surface area (Å²) in [6.07, 6.45) is 0.516. The number of aryl methyl sites for hydroxylation is 1. The van der Waals surface area contributed by atoms with Gasteiger partial charge in [0.2, 0.25) is 10.0 Å². The van der Waals surface area contributed by atoms with Crippen LogP contribution in [0.25, 0.3) is 0 Å². The lowest BCUT2D eigenvalue weighted by Crippen LogP contribution is -2.26. The highest BCUT2D eigenvalue weighted by Gasteiger charge is 2.15. The Balaban J connectivity index is 2.06. The van der Waals surface area contributed by atoms with Gasteiger partial charge in [0.05, 0.1) is 26.2 Å². The van der Waals surface area contributed by atoms with Crippen molar-refractivity contribution in [2.75, 3.05) is 6.54 Å². The molecule has 1 aromatic heterocycles. The van der Waals surface area contributed by atoms with Crippen LogP contribution in [0.2, 0.25) is 5.02 Å². The number of thiazole rings is 1. The first kappa shape index (κ1) is 15.9. The van der Waals surface area contributed by atoms with Gasteiger partial charge in [0.1, 0.15) is 6.07 Å². The van der Waals surface area contributed by atoms with Gasteiger partial charge < -0.3 is 0 Å². The molecular weight excluding hydrogens is 330 g/mol.